The van der Waals surface area contributed by atoms with Crippen LogP contribution >= 0.6 is 0 Å². The van der Waals surface area contributed by atoms with E-state index in [0.29, 0.717) is 19.2 Å². The van der Waals surface area contributed by atoms with Crippen LogP contribution in [-0.4, -0.2) is 98.7 Å². The summed E-state index contributed by atoms with van der Waals surface area (Å²) in [5.41, 5.74) is 5.34. The van der Waals surface area contributed by atoms with Gasteiger partial charge in [-0.05, 0) is 38.8 Å². The fourth-order valence-electron chi connectivity index (χ4n) is 3.19. The van der Waals surface area contributed by atoms with Gasteiger partial charge in [-0.15, -0.1) is 0 Å². The number of amides is 2. The summed E-state index contributed by atoms with van der Waals surface area (Å²) in [6.07, 6.45) is -4.84. The normalized spacial score (nSPS) is 18.0. The number of carboxylic acids is 2. The molecule has 0 unspecified atom stereocenters. The van der Waals surface area contributed by atoms with Gasteiger partial charge in [-0.25, -0.2) is 22.8 Å². The van der Waals surface area contributed by atoms with Crippen molar-refractivity contribution in [2.24, 2.45) is 5.73 Å². The molecule has 15 heteroatoms. The van der Waals surface area contributed by atoms with Crippen LogP contribution in [0.25, 0.3) is 0 Å². The third-order valence-electron chi connectivity index (χ3n) is 5.14. The van der Waals surface area contributed by atoms with E-state index in [4.69, 9.17) is 30.9 Å². The predicted octanol–water partition coefficient (Wildman–Crippen LogP) is -0.617. The van der Waals surface area contributed by atoms with Gasteiger partial charge in [0.25, 0.3) is 0 Å². The minimum atomic E-state index is -2.27. The summed E-state index contributed by atoms with van der Waals surface area (Å²) in [6, 6.07) is -0.411. The Kier molecular flexibility index (Phi) is 12.1. The third-order valence-corrected chi connectivity index (χ3v) is 5.14. The number of carboxylic acid groups (broad SMARTS) is 2. The van der Waals surface area contributed by atoms with Gasteiger partial charge in [0, 0.05) is 31.6 Å². The third kappa shape index (κ3) is 10.2. The van der Waals surface area contributed by atoms with Crippen LogP contribution in [0.5, 0.6) is 0 Å². The first kappa shape index (κ1) is 32.8. The predicted molar refractivity (Wildman–Crippen MR) is 124 cm³/mol. The number of halogens is 3. The highest BCUT2D eigenvalue weighted by Gasteiger charge is 2.35. The highest BCUT2D eigenvalue weighted by atomic mass is 19.2. The molecule has 0 bridgehead atoms. The van der Waals surface area contributed by atoms with Gasteiger partial charge in [-0.2, -0.15) is 0 Å². The van der Waals surface area contributed by atoms with Crippen LogP contribution in [-0.2, 0) is 30.3 Å². The number of nitrogens with two attached hydrogens (primary N) is 1. The number of nitrogens with zero attached hydrogens (tertiary/aromatic N) is 1. The number of carbonyl (C=O) groups excluding carboxylic acids is 2. The lowest BCUT2D eigenvalue weighted by Gasteiger charge is -2.36. The summed E-state index contributed by atoms with van der Waals surface area (Å²) < 4.78 is 45.8. The van der Waals surface area contributed by atoms with E-state index in [1.807, 2.05) is 20.8 Å². The first-order chi connectivity index (χ1) is 17.4. The molecule has 7 N–H and O–H groups in total. The van der Waals surface area contributed by atoms with Crippen molar-refractivity contribution in [3.63, 3.8) is 0 Å². The molecule has 0 radical (unpaired) electrons. The zero-order valence-electron chi connectivity index (χ0n) is 21.0. The molecule has 1 saturated heterocycles. The van der Waals surface area contributed by atoms with E-state index in [2.05, 4.69) is 5.32 Å². The second-order valence-electron chi connectivity index (χ2n) is 9.41. The molecular weight excluding hydrogens is 519 g/mol. The second-order valence-corrected chi connectivity index (χ2v) is 9.41. The number of carbonyl (C=O) groups is 4. The number of hydrogen-bond acceptors (Lipinski definition) is 8. The maximum atomic E-state index is 13.8. The fourth-order valence-corrected chi connectivity index (χ4v) is 3.19. The van der Waals surface area contributed by atoms with Crippen LogP contribution in [0, 0.1) is 17.5 Å². The molecule has 214 valence electrons. The molecule has 2 rings (SSSR count). The molecule has 1 aromatic rings. The molecule has 38 heavy (non-hydrogen) atoms. The van der Waals surface area contributed by atoms with Crippen LogP contribution in [0.1, 0.15) is 32.8 Å². The number of aliphatic carboxylic acids is 2. The van der Waals surface area contributed by atoms with E-state index in [0.717, 1.165) is 6.07 Å². The van der Waals surface area contributed by atoms with Gasteiger partial charge in [-0.3, -0.25) is 9.59 Å². The van der Waals surface area contributed by atoms with Crippen molar-refractivity contribution in [3.8, 4) is 0 Å². The van der Waals surface area contributed by atoms with Crippen molar-refractivity contribution in [2.75, 3.05) is 19.7 Å². The van der Waals surface area contributed by atoms with Gasteiger partial charge in [-0.1, -0.05) is 0 Å². The number of piperazine rings is 1. The highest BCUT2D eigenvalue weighted by molar-refractivity contribution is 5.89. The number of rotatable bonds is 9. The molecule has 0 aliphatic carbocycles. The lowest BCUT2D eigenvalue weighted by Crippen LogP contribution is -2.60. The lowest BCUT2D eigenvalue weighted by molar-refractivity contribution is -0.165. The quantitative estimate of drug-likeness (QED) is 0.215. The number of benzene rings is 1. The number of ether oxygens (including phenoxy) is 1. The Bertz CT molecular complexity index is 1000. The smallest absolute Gasteiger partial charge is 0.335 e. The van der Waals surface area contributed by atoms with Crippen molar-refractivity contribution in [3.05, 3.63) is 35.1 Å². The second kappa shape index (κ2) is 14.0. The number of nitrogens with one attached hydrogen (secondary N) is 1. The van der Waals surface area contributed by atoms with Gasteiger partial charge < -0.3 is 41.1 Å². The average molecular weight is 552 g/mol. The number of hydrogen-bond donors (Lipinski definition) is 6. The van der Waals surface area contributed by atoms with Crippen molar-refractivity contribution in [1.82, 2.24) is 10.2 Å². The molecule has 0 saturated carbocycles. The Labute approximate surface area is 216 Å². The minimum Gasteiger partial charge on any atom is -0.479 e. The van der Waals surface area contributed by atoms with E-state index in [1.54, 1.807) is 0 Å². The van der Waals surface area contributed by atoms with E-state index in [9.17, 15) is 32.3 Å². The van der Waals surface area contributed by atoms with Crippen LogP contribution in [0.4, 0.5) is 13.2 Å². The topological polar surface area (TPSA) is 200 Å². The molecular formula is C23H32F3N3O9. The van der Waals surface area contributed by atoms with Crippen LogP contribution in [0.3, 0.4) is 0 Å². The molecule has 4 atom stereocenters. The average Bonchev–Trinajstić information content (AvgIpc) is 2.80. The summed E-state index contributed by atoms with van der Waals surface area (Å²) in [4.78, 5) is 45.8. The molecule has 0 aromatic heterocycles. The maximum absolute atomic E-state index is 13.8. The summed E-state index contributed by atoms with van der Waals surface area (Å²) >= 11 is 0. The number of aliphatic hydroxyl groups is 2. The first-order valence-electron chi connectivity index (χ1n) is 11.4. The Morgan fingerprint density at radius 1 is 1.08 bits per heavy atom. The molecule has 12 nitrogen and oxygen atoms in total. The molecule has 0 spiro atoms. The molecule has 1 heterocycles. The van der Waals surface area contributed by atoms with Gasteiger partial charge >= 0.3 is 11.9 Å². The van der Waals surface area contributed by atoms with Crippen molar-refractivity contribution < 1.29 is 57.5 Å². The fraction of sp³-hybridized carbons (Fsp3) is 0.565. The Morgan fingerprint density at radius 3 is 2.11 bits per heavy atom. The first-order valence-corrected chi connectivity index (χ1v) is 11.4. The van der Waals surface area contributed by atoms with E-state index in [-0.39, 0.29) is 36.8 Å². The summed E-state index contributed by atoms with van der Waals surface area (Å²) in [7, 11) is 0. The largest absolute Gasteiger partial charge is 0.479 e. The molecule has 1 aliphatic heterocycles. The molecule has 1 aromatic carbocycles. The van der Waals surface area contributed by atoms with E-state index in [1.165, 1.54) is 4.90 Å². The summed E-state index contributed by atoms with van der Waals surface area (Å²) in [5.74, 6) is -7.62. The van der Waals surface area contributed by atoms with Crippen molar-refractivity contribution >= 4 is 23.8 Å². The van der Waals surface area contributed by atoms with Gasteiger partial charge in [0.1, 0.15) is 11.9 Å². The van der Waals surface area contributed by atoms with Gasteiger partial charge in [0.05, 0.1) is 12.2 Å². The highest BCUT2D eigenvalue weighted by Crippen LogP contribution is 2.17. The van der Waals surface area contributed by atoms with Crippen molar-refractivity contribution in [2.45, 2.75) is 63.5 Å². The van der Waals surface area contributed by atoms with Gasteiger partial charge in [0.2, 0.25) is 11.8 Å². The van der Waals surface area contributed by atoms with Crippen LogP contribution < -0.4 is 11.1 Å². The number of aliphatic hydroxyl groups excluding tert-OH is 2. The van der Waals surface area contributed by atoms with Gasteiger partial charge in [0.15, 0.2) is 23.8 Å². The Morgan fingerprint density at radius 2 is 1.61 bits per heavy atom. The van der Waals surface area contributed by atoms with E-state index < -0.39 is 59.3 Å². The zero-order chi connectivity index (χ0) is 29.4. The summed E-state index contributed by atoms with van der Waals surface area (Å²) in [5, 5.41) is 35.2. The molecule has 1 fully saturated rings. The minimum absolute atomic E-state index is 0.0358. The van der Waals surface area contributed by atoms with Crippen LogP contribution in [0.2, 0.25) is 0 Å². The van der Waals surface area contributed by atoms with E-state index >= 15 is 0 Å². The SMILES string of the molecule is CC(C)(C)OC[C@@H]1C(=O)NCCN1C(=O)C[C@H](N)Cc1cc(F)c(F)cc1F.O=C(O)[C@H](O)[C@@H](O)C(=O)O. The standard InChI is InChI=1S/C19H26F3N3O3.C4H6O6/c1-19(2,3)28-10-16-18(27)24-4-5-25(16)17(26)8-12(23)6-11-7-14(21)15(22)9-13(11)20;5-1(3(7)8)2(6)4(9)10/h7,9,12,16H,4-6,8,10,23H2,1-3H3,(H,24,27);1-2,5-6H,(H,7,8)(H,9,10)/t12-,16-;1-,2-/m11/s1. The monoisotopic (exact) mass is 551 g/mol. The van der Waals surface area contributed by atoms with Crippen molar-refractivity contribution in [1.29, 1.82) is 0 Å². The molecule has 1 aliphatic rings. The summed E-state index contributed by atoms with van der Waals surface area (Å²) in [6.45, 7) is 6.16. The Hall–Kier alpha value is -3.27. The molecule has 2 amide bonds. The Balaban J connectivity index is 0.000000612. The zero-order valence-corrected chi connectivity index (χ0v) is 21.0. The van der Waals surface area contributed by atoms with Crippen LogP contribution in [0.15, 0.2) is 12.1 Å². The maximum Gasteiger partial charge on any atom is 0.335 e. The lowest BCUT2D eigenvalue weighted by atomic mass is 10.0.